The molecule has 0 aliphatic heterocycles. The molecule has 0 aliphatic rings. The molecule has 0 saturated heterocycles. The van der Waals surface area contributed by atoms with Gasteiger partial charge in [0, 0.05) is 22.8 Å². The summed E-state index contributed by atoms with van der Waals surface area (Å²) >= 11 is 3.48. The van der Waals surface area contributed by atoms with E-state index in [2.05, 4.69) is 15.9 Å². The quantitative estimate of drug-likeness (QED) is 0.672. The molecule has 0 N–H and O–H groups in total. The fourth-order valence-corrected chi connectivity index (χ4v) is 2.58. The topological polar surface area (TPSA) is 43.4 Å². The van der Waals surface area contributed by atoms with Gasteiger partial charge in [0.15, 0.2) is 0 Å². The monoisotopic (exact) mass is 278 g/mol. The van der Waals surface area contributed by atoms with Crippen LogP contribution in [0.3, 0.4) is 0 Å². The number of carbonyl (C=O) groups excluding carboxylic acids is 1. The van der Waals surface area contributed by atoms with Gasteiger partial charge in [0.1, 0.15) is 17.5 Å². The molecule has 0 aliphatic carbocycles. The van der Waals surface area contributed by atoms with Crippen LogP contribution in [-0.2, 0) is 11.2 Å². The van der Waals surface area contributed by atoms with E-state index >= 15 is 0 Å². The lowest BCUT2D eigenvalue weighted by Crippen LogP contribution is -1.88. The van der Waals surface area contributed by atoms with Crippen LogP contribution in [0.4, 0.5) is 0 Å². The summed E-state index contributed by atoms with van der Waals surface area (Å²) in [4.78, 5) is 10.7. The Morgan fingerprint density at radius 2 is 1.81 bits per heavy atom. The second-order valence-corrected chi connectivity index (χ2v) is 4.28. The van der Waals surface area contributed by atoms with Gasteiger partial charge in [-0.3, -0.25) is 0 Å². The van der Waals surface area contributed by atoms with Crippen molar-refractivity contribution in [2.75, 3.05) is 0 Å². The van der Waals surface area contributed by atoms with Crippen LogP contribution in [0.2, 0.25) is 0 Å². The fourth-order valence-electron chi connectivity index (χ4n) is 1.96. The van der Waals surface area contributed by atoms with E-state index in [1.54, 1.807) is 12.5 Å². The number of rotatable bonds is 2. The van der Waals surface area contributed by atoms with Gasteiger partial charge in [0.25, 0.3) is 0 Å². The normalized spacial score (nSPS) is 11.3. The van der Waals surface area contributed by atoms with Crippen molar-refractivity contribution in [2.24, 2.45) is 0 Å². The van der Waals surface area contributed by atoms with E-state index in [9.17, 15) is 4.79 Å². The molecule has 0 amide bonds. The Morgan fingerprint density at radius 3 is 2.56 bits per heavy atom. The van der Waals surface area contributed by atoms with E-state index in [4.69, 9.17) is 8.83 Å². The molecular weight excluding hydrogens is 272 g/mol. The third-order valence-corrected chi connectivity index (χ3v) is 3.44. The van der Waals surface area contributed by atoms with Gasteiger partial charge < -0.3 is 13.6 Å². The Bertz CT molecular complexity index is 626. The van der Waals surface area contributed by atoms with Gasteiger partial charge in [-0.1, -0.05) is 0 Å². The van der Waals surface area contributed by atoms with Crippen molar-refractivity contribution in [2.45, 2.75) is 6.42 Å². The minimum atomic E-state index is 0.327. The molecule has 2 heterocycles. The summed E-state index contributed by atoms with van der Waals surface area (Å²) in [6, 6.07) is 3.70. The Kier molecular flexibility index (Phi) is 2.11. The predicted octanol–water partition coefficient (Wildman–Crippen LogP) is 3.68. The van der Waals surface area contributed by atoms with E-state index < -0.39 is 0 Å². The molecule has 3 rings (SSSR count). The van der Waals surface area contributed by atoms with Crippen molar-refractivity contribution in [3.8, 4) is 0 Å². The number of carbonyl (C=O) groups is 1. The Hall–Kier alpha value is -1.55. The summed E-state index contributed by atoms with van der Waals surface area (Å²) in [6.45, 7) is 0. The minimum absolute atomic E-state index is 0.327. The maximum Gasteiger partial charge on any atom is 0.149 e. The molecule has 0 atom stereocenters. The van der Waals surface area contributed by atoms with Gasteiger partial charge >= 0.3 is 0 Å². The van der Waals surface area contributed by atoms with Crippen molar-refractivity contribution in [3.05, 3.63) is 34.7 Å². The zero-order chi connectivity index (χ0) is 11.1. The van der Waals surface area contributed by atoms with Gasteiger partial charge in [0.2, 0.25) is 0 Å². The molecule has 0 radical (unpaired) electrons. The van der Waals surface area contributed by atoms with Crippen LogP contribution < -0.4 is 0 Å². The molecule has 3 aromatic rings. The molecule has 4 heteroatoms. The first-order valence-electron chi connectivity index (χ1n) is 4.81. The highest BCUT2D eigenvalue weighted by atomic mass is 79.9. The second-order valence-electron chi connectivity index (χ2n) is 3.49. The molecule has 3 nitrogen and oxygen atoms in total. The van der Waals surface area contributed by atoms with Crippen LogP contribution in [-0.4, -0.2) is 6.29 Å². The summed E-state index contributed by atoms with van der Waals surface area (Å²) in [5, 5.41) is 1.85. The average Bonchev–Trinajstić information content (AvgIpc) is 2.92. The Labute approximate surface area is 99.1 Å². The molecule has 0 spiro atoms. The fraction of sp³-hybridized carbons (Fsp3) is 0.0833. The molecule has 16 heavy (non-hydrogen) atoms. The first-order valence-corrected chi connectivity index (χ1v) is 5.60. The van der Waals surface area contributed by atoms with E-state index in [1.165, 1.54) is 0 Å². The van der Waals surface area contributed by atoms with Gasteiger partial charge in [0.05, 0.1) is 17.0 Å². The molecule has 0 bridgehead atoms. The van der Waals surface area contributed by atoms with E-state index in [0.29, 0.717) is 6.42 Å². The van der Waals surface area contributed by atoms with Gasteiger partial charge in [-0.05, 0) is 28.1 Å². The molecule has 0 unspecified atom stereocenters. The van der Waals surface area contributed by atoms with Crippen LogP contribution in [0.5, 0.6) is 0 Å². The first-order chi connectivity index (χ1) is 7.83. The Balaban J connectivity index is 2.56. The molecular formula is C12H7BrO3. The largest absolute Gasteiger partial charge is 0.464 e. The van der Waals surface area contributed by atoms with E-state index in [1.807, 2.05) is 12.1 Å². The van der Waals surface area contributed by atoms with E-state index in [-0.39, 0.29) is 0 Å². The summed E-state index contributed by atoms with van der Waals surface area (Å²) in [5.74, 6) is 0. The van der Waals surface area contributed by atoms with Crippen LogP contribution in [0, 0.1) is 0 Å². The number of fused-ring (bicyclic) bond motifs is 2. The van der Waals surface area contributed by atoms with Gasteiger partial charge in [-0.15, -0.1) is 0 Å². The van der Waals surface area contributed by atoms with Crippen LogP contribution >= 0.6 is 15.9 Å². The lowest BCUT2D eigenvalue weighted by Gasteiger charge is -2.02. The smallest absolute Gasteiger partial charge is 0.149 e. The maximum atomic E-state index is 10.7. The van der Waals surface area contributed by atoms with Crippen molar-refractivity contribution >= 4 is 44.2 Å². The lowest BCUT2D eigenvalue weighted by atomic mass is 10.1. The molecule has 1 aromatic carbocycles. The van der Waals surface area contributed by atoms with Crippen LogP contribution in [0.15, 0.2) is 38.0 Å². The predicted molar refractivity (Wildman–Crippen MR) is 63.5 cm³/mol. The van der Waals surface area contributed by atoms with Crippen LogP contribution in [0.1, 0.15) is 5.56 Å². The third kappa shape index (κ3) is 1.16. The van der Waals surface area contributed by atoms with Gasteiger partial charge in [-0.2, -0.15) is 0 Å². The zero-order valence-corrected chi connectivity index (χ0v) is 9.78. The summed E-state index contributed by atoms with van der Waals surface area (Å²) in [5.41, 5.74) is 2.38. The van der Waals surface area contributed by atoms with Crippen LogP contribution in [0.25, 0.3) is 21.9 Å². The number of hydrogen-bond donors (Lipinski definition) is 0. The SMILES string of the molecule is O=CCc1c2ccoc2c(Br)c2ccoc12. The Morgan fingerprint density at radius 1 is 1.12 bits per heavy atom. The number of furan rings is 2. The summed E-state index contributed by atoms with van der Waals surface area (Å²) in [7, 11) is 0. The summed E-state index contributed by atoms with van der Waals surface area (Å²) < 4.78 is 11.7. The lowest BCUT2D eigenvalue weighted by molar-refractivity contribution is -0.107. The minimum Gasteiger partial charge on any atom is -0.464 e. The number of hydrogen-bond acceptors (Lipinski definition) is 3. The van der Waals surface area contributed by atoms with Gasteiger partial charge in [-0.25, -0.2) is 0 Å². The third-order valence-electron chi connectivity index (χ3n) is 2.65. The molecule has 2 aromatic heterocycles. The first kappa shape index (κ1) is 9.66. The molecule has 0 saturated carbocycles. The highest BCUT2D eigenvalue weighted by Gasteiger charge is 2.16. The number of benzene rings is 1. The molecule has 80 valence electrons. The van der Waals surface area contributed by atoms with E-state index in [0.717, 1.165) is 38.3 Å². The number of halogens is 1. The van der Waals surface area contributed by atoms with Crippen molar-refractivity contribution < 1.29 is 13.6 Å². The molecule has 0 fully saturated rings. The highest BCUT2D eigenvalue weighted by molar-refractivity contribution is 9.10. The summed E-state index contributed by atoms with van der Waals surface area (Å²) in [6.07, 6.45) is 4.43. The standard InChI is InChI=1S/C12H7BrO3/c13-10-9-3-6-15-11(9)7(1-4-14)8-2-5-16-12(8)10/h2-6H,1H2. The van der Waals surface area contributed by atoms with Crippen molar-refractivity contribution in [3.63, 3.8) is 0 Å². The maximum absolute atomic E-state index is 10.7. The van der Waals surface area contributed by atoms with Crippen molar-refractivity contribution in [1.82, 2.24) is 0 Å². The highest BCUT2D eigenvalue weighted by Crippen LogP contribution is 2.37. The number of aldehydes is 1. The zero-order valence-electron chi connectivity index (χ0n) is 8.20. The van der Waals surface area contributed by atoms with Crippen molar-refractivity contribution in [1.29, 1.82) is 0 Å². The average molecular weight is 279 g/mol. The second kappa shape index (κ2) is 3.49.